The van der Waals surface area contributed by atoms with Gasteiger partial charge in [-0.2, -0.15) is 0 Å². The SMILES string of the molecule is CCN1CCCC(O)(Cc2ccc(Br)s2)CC1. The lowest BCUT2D eigenvalue weighted by atomic mass is 9.90. The zero-order chi connectivity index (χ0) is 12.3. The fourth-order valence-corrected chi connectivity index (χ4v) is 4.12. The summed E-state index contributed by atoms with van der Waals surface area (Å²) in [5.41, 5.74) is -0.492. The predicted molar refractivity (Wildman–Crippen MR) is 76.6 cm³/mol. The van der Waals surface area contributed by atoms with Gasteiger partial charge in [0.2, 0.25) is 0 Å². The van der Waals surface area contributed by atoms with Crippen molar-refractivity contribution in [1.29, 1.82) is 0 Å². The molecule has 0 aromatic carbocycles. The Morgan fingerprint density at radius 2 is 2.24 bits per heavy atom. The molecule has 4 heteroatoms. The molecule has 1 fully saturated rings. The maximum Gasteiger partial charge on any atom is 0.0708 e. The number of thiophene rings is 1. The molecule has 0 bridgehead atoms. The van der Waals surface area contributed by atoms with Crippen LogP contribution in [-0.2, 0) is 6.42 Å². The van der Waals surface area contributed by atoms with Gasteiger partial charge in [-0.3, -0.25) is 0 Å². The van der Waals surface area contributed by atoms with Crippen LogP contribution in [0.3, 0.4) is 0 Å². The molecule has 1 aliphatic rings. The van der Waals surface area contributed by atoms with E-state index in [2.05, 4.69) is 39.9 Å². The van der Waals surface area contributed by atoms with Crippen LogP contribution < -0.4 is 0 Å². The molecular formula is C13H20BrNOS. The lowest BCUT2D eigenvalue weighted by Crippen LogP contribution is -2.33. The van der Waals surface area contributed by atoms with E-state index in [0.29, 0.717) is 0 Å². The number of nitrogens with zero attached hydrogens (tertiary/aromatic N) is 1. The maximum absolute atomic E-state index is 10.7. The molecule has 1 aromatic rings. The summed E-state index contributed by atoms with van der Waals surface area (Å²) in [6.45, 7) is 5.45. The van der Waals surface area contributed by atoms with Gasteiger partial charge in [0.15, 0.2) is 0 Å². The molecule has 1 saturated heterocycles. The van der Waals surface area contributed by atoms with Crippen molar-refractivity contribution in [2.24, 2.45) is 0 Å². The molecule has 96 valence electrons. The molecule has 0 spiro atoms. The van der Waals surface area contributed by atoms with Crippen LogP contribution in [0.5, 0.6) is 0 Å². The first kappa shape index (κ1) is 13.5. The van der Waals surface area contributed by atoms with Crippen LogP contribution in [0.25, 0.3) is 0 Å². The zero-order valence-corrected chi connectivity index (χ0v) is 12.7. The van der Waals surface area contributed by atoms with Crippen molar-refractivity contribution in [3.8, 4) is 0 Å². The van der Waals surface area contributed by atoms with Gasteiger partial charge < -0.3 is 10.0 Å². The molecule has 1 atom stereocenters. The number of aliphatic hydroxyl groups is 1. The van der Waals surface area contributed by atoms with E-state index in [1.165, 1.54) is 4.88 Å². The third-order valence-corrected chi connectivity index (χ3v) is 5.21. The molecular weight excluding hydrogens is 298 g/mol. The Hall–Kier alpha value is 0.1000. The number of halogens is 1. The molecule has 1 unspecified atom stereocenters. The predicted octanol–water partition coefficient (Wildman–Crippen LogP) is 3.29. The minimum absolute atomic E-state index is 0.492. The van der Waals surface area contributed by atoms with E-state index in [1.807, 2.05) is 0 Å². The normalized spacial score (nSPS) is 27.0. The maximum atomic E-state index is 10.7. The van der Waals surface area contributed by atoms with Gasteiger partial charge in [-0.1, -0.05) is 6.92 Å². The van der Waals surface area contributed by atoms with Crippen LogP contribution in [0.2, 0.25) is 0 Å². The first-order chi connectivity index (χ1) is 8.11. The Bertz CT molecular complexity index is 368. The molecule has 0 amide bonds. The molecule has 17 heavy (non-hydrogen) atoms. The van der Waals surface area contributed by atoms with Crippen molar-refractivity contribution < 1.29 is 5.11 Å². The Labute approximate surface area is 116 Å². The average Bonchev–Trinajstić information content (AvgIpc) is 2.59. The van der Waals surface area contributed by atoms with Crippen molar-refractivity contribution in [2.45, 2.75) is 38.2 Å². The van der Waals surface area contributed by atoms with Gasteiger partial charge in [0, 0.05) is 17.8 Å². The molecule has 2 nitrogen and oxygen atoms in total. The van der Waals surface area contributed by atoms with Crippen LogP contribution in [0.15, 0.2) is 15.9 Å². The fourth-order valence-electron chi connectivity index (χ4n) is 2.50. The summed E-state index contributed by atoms with van der Waals surface area (Å²) >= 11 is 5.22. The van der Waals surface area contributed by atoms with Gasteiger partial charge in [-0.25, -0.2) is 0 Å². The Morgan fingerprint density at radius 3 is 2.88 bits per heavy atom. The third-order valence-electron chi connectivity index (χ3n) is 3.59. The molecule has 0 saturated carbocycles. The van der Waals surface area contributed by atoms with Crippen LogP contribution in [0, 0.1) is 0 Å². The highest BCUT2D eigenvalue weighted by molar-refractivity contribution is 9.11. The highest BCUT2D eigenvalue weighted by Crippen LogP contribution is 2.30. The van der Waals surface area contributed by atoms with E-state index >= 15 is 0 Å². The number of rotatable bonds is 3. The van der Waals surface area contributed by atoms with Crippen LogP contribution >= 0.6 is 27.3 Å². The quantitative estimate of drug-likeness (QED) is 0.924. The van der Waals surface area contributed by atoms with E-state index in [4.69, 9.17) is 0 Å². The van der Waals surface area contributed by atoms with Gasteiger partial charge in [0.05, 0.1) is 9.39 Å². The Kier molecular flexibility index (Phi) is 4.64. The molecule has 1 aliphatic heterocycles. The van der Waals surface area contributed by atoms with Gasteiger partial charge in [-0.05, 0) is 60.4 Å². The summed E-state index contributed by atoms with van der Waals surface area (Å²) < 4.78 is 1.15. The second kappa shape index (κ2) is 5.83. The summed E-state index contributed by atoms with van der Waals surface area (Å²) in [6, 6.07) is 4.19. The Morgan fingerprint density at radius 1 is 1.41 bits per heavy atom. The van der Waals surface area contributed by atoms with Crippen molar-refractivity contribution >= 4 is 27.3 Å². The summed E-state index contributed by atoms with van der Waals surface area (Å²) in [5.74, 6) is 0. The van der Waals surface area contributed by atoms with Crippen LogP contribution in [-0.4, -0.2) is 35.2 Å². The van der Waals surface area contributed by atoms with E-state index in [-0.39, 0.29) is 0 Å². The van der Waals surface area contributed by atoms with Gasteiger partial charge in [0.1, 0.15) is 0 Å². The van der Waals surface area contributed by atoms with E-state index in [1.54, 1.807) is 11.3 Å². The van der Waals surface area contributed by atoms with E-state index in [9.17, 15) is 5.11 Å². The fraction of sp³-hybridized carbons (Fsp3) is 0.692. The summed E-state index contributed by atoms with van der Waals surface area (Å²) in [7, 11) is 0. The number of likely N-dealkylation sites (tertiary alicyclic amines) is 1. The lowest BCUT2D eigenvalue weighted by Gasteiger charge is -2.26. The number of hydrogen-bond donors (Lipinski definition) is 1. The molecule has 2 heterocycles. The summed E-state index contributed by atoms with van der Waals surface area (Å²) in [5, 5.41) is 10.7. The van der Waals surface area contributed by atoms with Crippen molar-refractivity contribution in [2.75, 3.05) is 19.6 Å². The third kappa shape index (κ3) is 3.78. The minimum atomic E-state index is -0.492. The van der Waals surface area contributed by atoms with Crippen molar-refractivity contribution in [3.05, 3.63) is 20.8 Å². The van der Waals surface area contributed by atoms with Crippen LogP contribution in [0.4, 0.5) is 0 Å². The topological polar surface area (TPSA) is 23.5 Å². The largest absolute Gasteiger partial charge is 0.389 e. The second-order valence-corrected chi connectivity index (χ2v) is 7.44. The smallest absolute Gasteiger partial charge is 0.0708 e. The minimum Gasteiger partial charge on any atom is -0.389 e. The summed E-state index contributed by atoms with van der Waals surface area (Å²) in [6.07, 6.45) is 3.74. The average molecular weight is 318 g/mol. The van der Waals surface area contributed by atoms with Crippen molar-refractivity contribution in [3.63, 3.8) is 0 Å². The molecule has 0 aliphatic carbocycles. The van der Waals surface area contributed by atoms with Gasteiger partial charge in [-0.15, -0.1) is 11.3 Å². The standard InChI is InChI=1S/C13H20BrNOS/c1-2-15-8-3-6-13(16,7-9-15)10-11-4-5-12(14)17-11/h4-5,16H,2-3,6-10H2,1H3. The molecule has 1 N–H and O–H groups in total. The monoisotopic (exact) mass is 317 g/mol. The highest BCUT2D eigenvalue weighted by atomic mass is 79.9. The Balaban J connectivity index is 1.98. The first-order valence-corrected chi connectivity index (χ1v) is 7.91. The molecule has 1 aromatic heterocycles. The van der Waals surface area contributed by atoms with Gasteiger partial charge >= 0.3 is 0 Å². The lowest BCUT2D eigenvalue weighted by molar-refractivity contribution is 0.0266. The molecule has 2 rings (SSSR count). The van der Waals surface area contributed by atoms with E-state index < -0.39 is 5.60 Å². The second-order valence-electron chi connectivity index (χ2n) is 4.89. The van der Waals surface area contributed by atoms with E-state index in [0.717, 1.165) is 49.1 Å². The zero-order valence-electron chi connectivity index (χ0n) is 10.3. The van der Waals surface area contributed by atoms with Crippen LogP contribution in [0.1, 0.15) is 31.1 Å². The summed E-state index contributed by atoms with van der Waals surface area (Å²) in [4.78, 5) is 3.71. The highest BCUT2D eigenvalue weighted by Gasteiger charge is 2.30. The van der Waals surface area contributed by atoms with Gasteiger partial charge in [0.25, 0.3) is 0 Å². The first-order valence-electron chi connectivity index (χ1n) is 6.30. The number of hydrogen-bond acceptors (Lipinski definition) is 3. The molecule has 0 radical (unpaired) electrons. The van der Waals surface area contributed by atoms with Crippen molar-refractivity contribution in [1.82, 2.24) is 4.90 Å².